The lowest BCUT2D eigenvalue weighted by Gasteiger charge is -2.30. The molecule has 0 spiro atoms. The van der Waals surface area contributed by atoms with Crippen LogP contribution in [-0.2, 0) is 5.41 Å². The molecule has 1 aliphatic carbocycles. The third-order valence-corrected chi connectivity index (χ3v) is 10.5. The van der Waals surface area contributed by atoms with Gasteiger partial charge in [-0.2, -0.15) is 0 Å². The minimum atomic E-state index is -0.181. The first-order valence-corrected chi connectivity index (χ1v) is 17.4. The van der Waals surface area contributed by atoms with Crippen molar-refractivity contribution >= 4 is 27.8 Å². The van der Waals surface area contributed by atoms with Crippen molar-refractivity contribution in [3.05, 3.63) is 199 Å². The Bertz CT molecular complexity index is 2470. The lowest BCUT2D eigenvalue weighted by molar-refractivity contribution is 0.660. The number of benzene rings is 8. The maximum absolute atomic E-state index is 2.47. The van der Waals surface area contributed by atoms with Crippen LogP contribution in [0.25, 0.3) is 55.3 Å². The average Bonchev–Trinajstić information content (AvgIpc) is 3.41. The van der Waals surface area contributed by atoms with Gasteiger partial charge >= 0.3 is 0 Å². The highest BCUT2D eigenvalue weighted by Crippen LogP contribution is 2.55. The van der Waals surface area contributed by atoms with Crippen molar-refractivity contribution in [1.82, 2.24) is 0 Å². The van der Waals surface area contributed by atoms with Crippen LogP contribution in [-0.4, -0.2) is 0 Å². The number of nitrogens with zero attached hydrogens (tertiary/aromatic N) is 1. The van der Waals surface area contributed by atoms with E-state index in [1.165, 1.54) is 72.1 Å². The van der Waals surface area contributed by atoms with Gasteiger partial charge in [-0.3, -0.25) is 0 Å². The molecule has 0 fully saturated rings. The van der Waals surface area contributed by atoms with Crippen LogP contribution in [0.1, 0.15) is 25.0 Å². The molecule has 0 saturated carbocycles. The Balaban J connectivity index is 1.27. The Labute approximate surface area is 294 Å². The highest BCUT2D eigenvalue weighted by atomic mass is 15.1. The van der Waals surface area contributed by atoms with Gasteiger partial charge in [-0.05, 0) is 97.2 Å². The summed E-state index contributed by atoms with van der Waals surface area (Å²) >= 11 is 0. The van der Waals surface area contributed by atoms with Crippen LogP contribution in [0, 0.1) is 0 Å². The van der Waals surface area contributed by atoms with E-state index in [9.17, 15) is 0 Å². The van der Waals surface area contributed by atoms with E-state index in [1.807, 2.05) is 0 Å². The van der Waals surface area contributed by atoms with Gasteiger partial charge in [-0.1, -0.05) is 166 Å². The van der Waals surface area contributed by atoms with Gasteiger partial charge in [0.15, 0.2) is 0 Å². The van der Waals surface area contributed by atoms with Crippen LogP contribution in [0.3, 0.4) is 0 Å². The van der Waals surface area contributed by atoms with Gasteiger partial charge in [0.2, 0.25) is 0 Å². The molecule has 238 valence electrons. The van der Waals surface area contributed by atoms with Crippen molar-refractivity contribution in [2.75, 3.05) is 4.90 Å². The van der Waals surface area contributed by atoms with Gasteiger partial charge in [-0.15, -0.1) is 0 Å². The molecule has 0 atom stereocenters. The quantitative estimate of drug-likeness (QED) is 0.175. The molecule has 1 nitrogen and oxygen atoms in total. The fourth-order valence-electron chi connectivity index (χ4n) is 7.98. The number of fused-ring (bicyclic) bond motifs is 4. The number of para-hydroxylation sites is 1. The summed E-state index contributed by atoms with van der Waals surface area (Å²) < 4.78 is 0. The van der Waals surface area contributed by atoms with Crippen molar-refractivity contribution < 1.29 is 0 Å². The highest BCUT2D eigenvalue weighted by Gasteiger charge is 2.38. The second-order valence-corrected chi connectivity index (χ2v) is 13.7. The topological polar surface area (TPSA) is 3.24 Å². The summed E-state index contributed by atoms with van der Waals surface area (Å²) in [5.41, 5.74) is 16.0. The maximum Gasteiger partial charge on any atom is 0.0543 e. The molecule has 0 heterocycles. The van der Waals surface area contributed by atoms with Crippen molar-refractivity contribution in [2.24, 2.45) is 0 Å². The molecule has 0 saturated heterocycles. The van der Waals surface area contributed by atoms with Crippen molar-refractivity contribution in [3.63, 3.8) is 0 Å². The molecule has 9 rings (SSSR count). The van der Waals surface area contributed by atoms with Gasteiger partial charge < -0.3 is 4.90 Å². The Morgan fingerprint density at radius 3 is 1.64 bits per heavy atom. The van der Waals surface area contributed by atoms with Crippen molar-refractivity contribution in [1.29, 1.82) is 0 Å². The standard InChI is InChI=1S/C49H37N/c1-49(2)45-27-15-26-42(35-16-6-3-7-17-35)48(45)44-32-43(36-18-8-4-9-19-36)47(33-46(44)49)50(38-22-10-5-11-23-38)39-30-28-37(29-31-39)41-25-14-21-34-20-12-13-24-40(34)41/h3-33H,1-2H3. The van der Waals surface area contributed by atoms with E-state index < -0.39 is 0 Å². The number of anilines is 3. The predicted molar refractivity (Wildman–Crippen MR) is 213 cm³/mol. The van der Waals surface area contributed by atoms with Crippen LogP contribution >= 0.6 is 0 Å². The third kappa shape index (κ3) is 4.94. The zero-order valence-electron chi connectivity index (χ0n) is 28.3. The number of rotatable bonds is 6. The monoisotopic (exact) mass is 639 g/mol. The molecule has 8 aromatic rings. The maximum atomic E-state index is 2.47. The summed E-state index contributed by atoms with van der Waals surface area (Å²) in [5.74, 6) is 0. The first-order chi connectivity index (χ1) is 24.6. The second-order valence-electron chi connectivity index (χ2n) is 13.7. The molecule has 0 amide bonds. The summed E-state index contributed by atoms with van der Waals surface area (Å²) in [6.07, 6.45) is 0. The number of hydrogen-bond acceptors (Lipinski definition) is 1. The summed E-state index contributed by atoms with van der Waals surface area (Å²) in [6.45, 7) is 4.76. The lowest BCUT2D eigenvalue weighted by Crippen LogP contribution is -2.17. The molecule has 0 unspecified atom stereocenters. The smallest absolute Gasteiger partial charge is 0.0543 e. The van der Waals surface area contributed by atoms with E-state index in [2.05, 4.69) is 207 Å². The Hall–Kier alpha value is -6.18. The van der Waals surface area contributed by atoms with Gasteiger partial charge in [0.1, 0.15) is 0 Å². The Morgan fingerprint density at radius 2 is 0.920 bits per heavy atom. The fourth-order valence-corrected chi connectivity index (χ4v) is 7.98. The molecule has 0 N–H and O–H groups in total. The summed E-state index contributed by atoms with van der Waals surface area (Å²) in [7, 11) is 0. The van der Waals surface area contributed by atoms with Crippen molar-refractivity contribution in [2.45, 2.75) is 19.3 Å². The first kappa shape index (κ1) is 29.9. The SMILES string of the molecule is CC1(C)c2cc(N(c3ccccc3)c3ccc(-c4cccc5ccccc45)cc3)c(-c3ccccc3)cc2-c2c(-c3ccccc3)cccc21. The zero-order valence-corrected chi connectivity index (χ0v) is 28.3. The molecular formula is C49H37N. The fraction of sp³-hybridized carbons (Fsp3) is 0.0612. The molecule has 50 heavy (non-hydrogen) atoms. The van der Waals surface area contributed by atoms with Crippen LogP contribution in [0.15, 0.2) is 188 Å². The third-order valence-electron chi connectivity index (χ3n) is 10.5. The molecule has 1 heteroatoms. The van der Waals surface area contributed by atoms with Gasteiger partial charge in [0, 0.05) is 22.4 Å². The highest BCUT2D eigenvalue weighted by molar-refractivity contribution is 6.00. The van der Waals surface area contributed by atoms with E-state index in [1.54, 1.807) is 0 Å². The molecular weight excluding hydrogens is 603 g/mol. The van der Waals surface area contributed by atoms with Gasteiger partial charge in [-0.25, -0.2) is 0 Å². The predicted octanol–water partition coefficient (Wildman–Crippen LogP) is 13.6. The second kappa shape index (κ2) is 12.1. The molecule has 8 aromatic carbocycles. The van der Waals surface area contributed by atoms with Crippen LogP contribution in [0.4, 0.5) is 17.1 Å². The molecule has 0 aliphatic heterocycles. The minimum absolute atomic E-state index is 0.181. The van der Waals surface area contributed by atoms with E-state index in [-0.39, 0.29) is 5.41 Å². The van der Waals surface area contributed by atoms with Crippen LogP contribution < -0.4 is 4.90 Å². The normalized spacial score (nSPS) is 12.8. The van der Waals surface area contributed by atoms with E-state index in [4.69, 9.17) is 0 Å². The molecule has 0 bridgehead atoms. The molecule has 0 aromatic heterocycles. The number of hydrogen-bond donors (Lipinski definition) is 0. The van der Waals surface area contributed by atoms with E-state index in [0.717, 1.165) is 11.4 Å². The lowest BCUT2D eigenvalue weighted by atomic mass is 9.81. The molecule has 0 radical (unpaired) electrons. The average molecular weight is 640 g/mol. The first-order valence-electron chi connectivity index (χ1n) is 17.4. The zero-order chi connectivity index (χ0) is 33.7. The van der Waals surface area contributed by atoms with Crippen molar-refractivity contribution in [3.8, 4) is 44.5 Å². The molecule has 1 aliphatic rings. The van der Waals surface area contributed by atoms with Gasteiger partial charge in [0.05, 0.1) is 5.69 Å². The largest absolute Gasteiger partial charge is 0.310 e. The van der Waals surface area contributed by atoms with E-state index >= 15 is 0 Å². The van der Waals surface area contributed by atoms with Crippen LogP contribution in [0.2, 0.25) is 0 Å². The van der Waals surface area contributed by atoms with Gasteiger partial charge in [0.25, 0.3) is 0 Å². The summed E-state index contributed by atoms with van der Waals surface area (Å²) in [6, 6.07) is 68.5. The minimum Gasteiger partial charge on any atom is -0.310 e. The Morgan fingerprint density at radius 1 is 0.380 bits per heavy atom. The van der Waals surface area contributed by atoms with Crippen LogP contribution in [0.5, 0.6) is 0 Å². The Kier molecular flexibility index (Phi) is 7.21. The summed E-state index contributed by atoms with van der Waals surface area (Å²) in [4.78, 5) is 2.44. The summed E-state index contributed by atoms with van der Waals surface area (Å²) in [5, 5.41) is 2.52. The van der Waals surface area contributed by atoms with E-state index in [0.29, 0.717) is 0 Å².